The van der Waals surface area contributed by atoms with Gasteiger partial charge in [-0.15, -0.1) is 0 Å². The minimum Gasteiger partial charge on any atom is -0.347 e. The Morgan fingerprint density at radius 3 is 3.00 bits per heavy atom. The van der Waals surface area contributed by atoms with E-state index in [2.05, 4.69) is 16.5 Å². The summed E-state index contributed by atoms with van der Waals surface area (Å²) < 4.78 is 1.67. The molecule has 1 aromatic rings. The SMILES string of the molecule is Cc1cc(C(=O)NC2CCCC2C#N)nn1C. The maximum atomic E-state index is 11.9. The largest absolute Gasteiger partial charge is 0.347 e. The van der Waals surface area contributed by atoms with E-state index in [1.54, 1.807) is 17.8 Å². The predicted molar refractivity (Wildman–Crippen MR) is 62.2 cm³/mol. The molecule has 0 saturated heterocycles. The third-order valence-electron chi connectivity index (χ3n) is 3.34. The number of aromatic nitrogens is 2. The van der Waals surface area contributed by atoms with E-state index in [0.29, 0.717) is 5.69 Å². The van der Waals surface area contributed by atoms with Gasteiger partial charge in [-0.1, -0.05) is 0 Å². The Balaban J connectivity index is 2.04. The molecule has 5 heteroatoms. The molecule has 0 radical (unpaired) electrons. The van der Waals surface area contributed by atoms with E-state index in [4.69, 9.17) is 5.26 Å². The average Bonchev–Trinajstić information content (AvgIpc) is 2.86. The van der Waals surface area contributed by atoms with Crippen LogP contribution >= 0.6 is 0 Å². The number of aryl methyl sites for hydroxylation is 2. The normalized spacial score (nSPS) is 23.4. The van der Waals surface area contributed by atoms with Gasteiger partial charge in [-0.3, -0.25) is 9.48 Å². The van der Waals surface area contributed by atoms with Crippen molar-refractivity contribution in [3.8, 4) is 6.07 Å². The monoisotopic (exact) mass is 232 g/mol. The van der Waals surface area contributed by atoms with Crippen molar-refractivity contribution in [2.24, 2.45) is 13.0 Å². The van der Waals surface area contributed by atoms with Gasteiger partial charge in [0.2, 0.25) is 0 Å². The lowest BCUT2D eigenvalue weighted by Crippen LogP contribution is -2.37. The molecule has 0 spiro atoms. The highest BCUT2D eigenvalue weighted by Crippen LogP contribution is 2.25. The molecule has 17 heavy (non-hydrogen) atoms. The highest BCUT2D eigenvalue weighted by atomic mass is 16.2. The molecule has 1 amide bonds. The number of amides is 1. The molecule has 2 rings (SSSR count). The van der Waals surface area contributed by atoms with Gasteiger partial charge in [0.1, 0.15) is 5.69 Å². The van der Waals surface area contributed by atoms with Crippen molar-refractivity contribution < 1.29 is 4.79 Å². The second-order valence-electron chi connectivity index (χ2n) is 4.54. The van der Waals surface area contributed by atoms with Crippen LogP contribution < -0.4 is 5.32 Å². The zero-order valence-electron chi connectivity index (χ0n) is 10.1. The first-order chi connectivity index (χ1) is 8.11. The van der Waals surface area contributed by atoms with E-state index < -0.39 is 0 Å². The Bertz CT molecular complexity index is 452. The molecule has 0 aromatic carbocycles. The number of carbonyl (C=O) groups excluding carboxylic acids is 1. The predicted octanol–water partition coefficient (Wildman–Crippen LogP) is 1.15. The standard InChI is InChI=1S/C12H16N4O/c1-8-6-11(15-16(8)2)12(17)14-10-5-3-4-9(10)7-13/h6,9-10H,3-5H2,1-2H3,(H,14,17). The van der Waals surface area contributed by atoms with Crippen LogP contribution in [0.4, 0.5) is 0 Å². The van der Waals surface area contributed by atoms with Crippen LogP contribution in [0.1, 0.15) is 35.4 Å². The lowest BCUT2D eigenvalue weighted by Gasteiger charge is -2.14. The molecule has 2 unspecified atom stereocenters. The van der Waals surface area contributed by atoms with Crippen LogP contribution in [0.25, 0.3) is 0 Å². The van der Waals surface area contributed by atoms with Crippen LogP contribution in [-0.4, -0.2) is 21.7 Å². The zero-order chi connectivity index (χ0) is 12.4. The van der Waals surface area contributed by atoms with Crippen LogP contribution in [0.15, 0.2) is 6.07 Å². The fourth-order valence-corrected chi connectivity index (χ4v) is 2.20. The summed E-state index contributed by atoms with van der Waals surface area (Å²) in [6, 6.07) is 3.98. The first-order valence-electron chi connectivity index (χ1n) is 5.83. The zero-order valence-corrected chi connectivity index (χ0v) is 10.1. The van der Waals surface area contributed by atoms with E-state index >= 15 is 0 Å². The molecule has 90 valence electrons. The Kier molecular flexibility index (Phi) is 3.14. The van der Waals surface area contributed by atoms with Gasteiger partial charge < -0.3 is 5.32 Å². The van der Waals surface area contributed by atoms with Gasteiger partial charge >= 0.3 is 0 Å². The van der Waals surface area contributed by atoms with E-state index in [1.165, 1.54) is 0 Å². The number of nitriles is 1. The summed E-state index contributed by atoms with van der Waals surface area (Å²) in [5, 5.41) is 16.0. The molecule has 1 saturated carbocycles. The molecule has 0 aliphatic heterocycles. The second-order valence-corrected chi connectivity index (χ2v) is 4.54. The summed E-state index contributed by atoms with van der Waals surface area (Å²) in [7, 11) is 1.81. The van der Waals surface area contributed by atoms with E-state index in [-0.39, 0.29) is 17.9 Å². The van der Waals surface area contributed by atoms with Gasteiger partial charge in [-0.25, -0.2) is 0 Å². The third kappa shape index (κ3) is 2.31. The van der Waals surface area contributed by atoms with Crippen LogP contribution in [0, 0.1) is 24.2 Å². The number of nitrogens with one attached hydrogen (secondary N) is 1. The Hall–Kier alpha value is -1.83. The number of nitrogens with zero attached hydrogens (tertiary/aromatic N) is 3. The van der Waals surface area contributed by atoms with Crippen LogP contribution in [0.2, 0.25) is 0 Å². The van der Waals surface area contributed by atoms with Gasteiger partial charge in [-0.2, -0.15) is 10.4 Å². The quantitative estimate of drug-likeness (QED) is 0.831. The molecule has 1 heterocycles. The van der Waals surface area contributed by atoms with E-state index in [9.17, 15) is 4.79 Å². The van der Waals surface area contributed by atoms with Gasteiger partial charge in [0.25, 0.3) is 5.91 Å². The lowest BCUT2D eigenvalue weighted by molar-refractivity contribution is 0.0927. The summed E-state index contributed by atoms with van der Waals surface area (Å²) in [6.07, 6.45) is 2.77. The minimum absolute atomic E-state index is 0.0187. The fraction of sp³-hybridized carbons (Fsp3) is 0.583. The van der Waals surface area contributed by atoms with Gasteiger partial charge in [-0.05, 0) is 32.3 Å². The molecule has 1 aromatic heterocycles. The van der Waals surface area contributed by atoms with Crippen molar-refractivity contribution >= 4 is 5.91 Å². The number of rotatable bonds is 2. The highest BCUT2D eigenvalue weighted by Gasteiger charge is 2.29. The Labute approximate surface area is 100 Å². The molecule has 0 bridgehead atoms. The first-order valence-corrected chi connectivity index (χ1v) is 5.83. The van der Waals surface area contributed by atoms with E-state index in [1.807, 2.05) is 6.92 Å². The number of carbonyl (C=O) groups is 1. The maximum absolute atomic E-state index is 11.9. The first kappa shape index (κ1) is 11.6. The van der Waals surface area contributed by atoms with E-state index in [0.717, 1.165) is 25.0 Å². The van der Waals surface area contributed by atoms with Crippen LogP contribution in [0.5, 0.6) is 0 Å². The number of hydrogen-bond acceptors (Lipinski definition) is 3. The van der Waals surface area contributed by atoms with Crippen molar-refractivity contribution in [3.05, 3.63) is 17.5 Å². The molecule has 1 aliphatic carbocycles. The molecular formula is C12H16N4O. The highest BCUT2D eigenvalue weighted by molar-refractivity contribution is 5.92. The van der Waals surface area contributed by atoms with Gasteiger partial charge in [0, 0.05) is 18.8 Å². The Morgan fingerprint density at radius 1 is 1.65 bits per heavy atom. The second kappa shape index (κ2) is 4.58. The van der Waals surface area contributed by atoms with Crippen LogP contribution in [0.3, 0.4) is 0 Å². The van der Waals surface area contributed by atoms with Gasteiger partial charge in [0.05, 0.1) is 12.0 Å². The molecule has 1 fully saturated rings. The summed E-state index contributed by atoms with van der Waals surface area (Å²) in [4.78, 5) is 11.9. The van der Waals surface area contributed by atoms with Crippen molar-refractivity contribution in [2.75, 3.05) is 0 Å². The minimum atomic E-state index is -0.180. The molecule has 1 N–H and O–H groups in total. The average molecular weight is 232 g/mol. The summed E-state index contributed by atoms with van der Waals surface area (Å²) >= 11 is 0. The molecule has 5 nitrogen and oxygen atoms in total. The lowest BCUT2D eigenvalue weighted by atomic mass is 10.1. The summed E-state index contributed by atoms with van der Waals surface area (Å²) in [5.41, 5.74) is 1.37. The Morgan fingerprint density at radius 2 is 2.41 bits per heavy atom. The fourth-order valence-electron chi connectivity index (χ4n) is 2.20. The van der Waals surface area contributed by atoms with Crippen molar-refractivity contribution in [3.63, 3.8) is 0 Å². The summed E-state index contributed by atoms with van der Waals surface area (Å²) in [6.45, 7) is 1.90. The smallest absolute Gasteiger partial charge is 0.272 e. The van der Waals surface area contributed by atoms with Crippen molar-refractivity contribution in [1.29, 1.82) is 5.26 Å². The maximum Gasteiger partial charge on any atom is 0.272 e. The molecule has 2 atom stereocenters. The molecular weight excluding hydrogens is 216 g/mol. The van der Waals surface area contributed by atoms with Gasteiger partial charge in [0.15, 0.2) is 0 Å². The van der Waals surface area contributed by atoms with Crippen molar-refractivity contribution in [2.45, 2.75) is 32.2 Å². The number of hydrogen-bond donors (Lipinski definition) is 1. The van der Waals surface area contributed by atoms with Crippen LogP contribution in [-0.2, 0) is 7.05 Å². The topological polar surface area (TPSA) is 70.7 Å². The third-order valence-corrected chi connectivity index (χ3v) is 3.34. The summed E-state index contributed by atoms with van der Waals surface area (Å²) in [5.74, 6) is -0.232. The van der Waals surface area contributed by atoms with Crippen molar-refractivity contribution in [1.82, 2.24) is 15.1 Å². The molecule has 1 aliphatic rings.